The lowest BCUT2D eigenvalue weighted by Gasteiger charge is -2.34. The Morgan fingerprint density at radius 3 is 2.89 bits per heavy atom. The number of hydrogen-bond acceptors (Lipinski definition) is 5. The summed E-state index contributed by atoms with van der Waals surface area (Å²) in [5.74, 6) is -0.949. The molecule has 152 valence electrons. The van der Waals surface area contributed by atoms with Crippen LogP contribution in [0.15, 0.2) is 18.2 Å². The Morgan fingerprint density at radius 1 is 1.36 bits per heavy atom. The van der Waals surface area contributed by atoms with Crippen molar-refractivity contribution < 1.29 is 23.5 Å². The second kappa shape index (κ2) is 9.20. The third kappa shape index (κ3) is 5.11. The molecule has 1 aromatic rings. The van der Waals surface area contributed by atoms with Crippen molar-refractivity contribution in [1.82, 2.24) is 20.4 Å². The van der Waals surface area contributed by atoms with Gasteiger partial charge in [0.05, 0.1) is 19.0 Å². The fraction of sp³-hybridized carbons (Fsp3) is 0.500. The van der Waals surface area contributed by atoms with Crippen LogP contribution in [0.3, 0.4) is 0 Å². The lowest BCUT2D eigenvalue weighted by atomic mass is 10.1. The molecule has 2 saturated heterocycles. The number of nitrogens with one attached hydrogen (secondary N) is 2. The third-order valence-electron chi connectivity index (χ3n) is 4.76. The smallest absolute Gasteiger partial charge is 0.409 e. The highest BCUT2D eigenvalue weighted by Crippen LogP contribution is 2.21. The van der Waals surface area contributed by atoms with Gasteiger partial charge in [-0.15, -0.1) is 0 Å². The molecule has 1 atom stereocenters. The van der Waals surface area contributed by atoms with Gasteiger partial charge in [-0.2, -0.15) is 0 Å². The number of carbonyl (C=O) groups is 3. The van der Waals surface area contributed by atoms with Crippen molar-refractivity contribution in [2.75, 3.05) is 39.3 Å². The summed E-state index contributed by atoms with van der Waals surface area (Å²) in [6.45, 7) is 2.86. The molecule has 0 saturated carbocycles. The first kappa shape index (κ1) is 20.3. The van der Waals surface area contributed by atoms with Crippen molar-refractivity contribution in [2.24, 2.45) is 0 Å². The van der Waals surface area contributed by atoms with E-state index < -0.39 is 11.9 Å². The number of piperazine rings is 1. The molecule has 10 heteroatoms. The standard InChI is InChI=1S/C18H22ClFN4O4/c19-14-9-13(20)2-1-12(14)11-24-6-4-22-17(26)15(24)10-16(25)21-3-5-23-7-8-28-18(23)27/h1-2,9,15H,3-8,10-11H2,(H,21,25)(H,22,26). The molecule has 28 heavy (non-hydrogen) atoms. The average molecular weight is 413 g/mol. The molecule has 3 rings (SSSR count). The van der Waals surface area contributed by atoms with Crippen LogP contribution in [0.5, 0.6) is 0 Å². The predicted octanol–water partition coefficient (Wildman–Crippen LogP) is 0.738. The number of nitrogens with zero attached hydrogens (tertiary/aromatic N) is 2. The van der Waals surface area contributed by atoms with Crippen LogP contribution in [0.1, 0.15) is 12.0 Å². The molecule has 3 amide bonds. The summed E-state index contributed by atoms with van der Waals surface area (Å²) in [5, 5.41) is 5.78. The zero-order chi connectivity index (χ0) is 20.1. The van der Waals surface area contributed by atoms with E-state index in [9.17, 15) is 18.8 Å². The maximum atomic E-state index is 13.2. The normalized spacial score (nSPS) is 20.1. The molecular weight excluding hydrogens is 391 g/mol. The van der Waals surface area contributed by atoms with E-state index in [0.717, 1.165) is 0 Å². The fourth-order valence-electron chi connectivity index (χ4n) is 3.25. The molecule has 0 aromatic heterocycles. The Morgan fingerprint density at radius 2 is 2.18 bits per heavy atom. The Bertz CT molecular complexity index is 763. The minimum absolute atomic E-state index is 0.0188. The van der Waals surface area contributed by atoms with Gasteiger partial charge in [-0.3, -0.25) is 14.5 Å². The maximum absolute atomic E-state index is 13.2. The van der Waals surface area contributed by atoms with Gasteiger partial charge in [-0.05, 0) is 17.7 Å². The molecule has 0 spiro atoms. The highest BCUT2D eigenvalue weighted by atomic mass is 35.5. The molecule has 2 heterocycles. The van der Waals surface area contributed by atoms with Crippen molar-refractivity contribution in [1.29, 1.82) is 0 Å². The van der Waals surface area contributed by atoms with E-state index >= 15 is 0 Å². The van der Waals surface area contributed by atoms with Crippen LogP contribution in [0.25, 0.3) is 0 Å². The van der Waals surface area contributed by atoms with Gasteiger partial charge < -0.3 is 20.3 Å². The number of halogens is 2. The summed E-state index contributed by atoms with van der Waals surface area (Å²) >= 11 is 6.09. The van der Waals surface area contributed by atoms with Crippen molar-refractivity contribution in [3.8, 4) is 0 Å². The number of hydrogen-bond donors (Lipinski definition) is 2. The number of amides is 3. The highest BCUT2D eigenvalue weighted by Gasteiger charge is 2.32. The molecule has 0 radical (unpaired) electrons. The van der Waals surface area contributed by atoms with Gasteiger partial charge in [0.15, 0.2) is 0 Å². The predicted molar refractivity (Wildman–Crippen MR) is 99.2 cm³/mol. The lowest BCUT2D eigenvalue weighted by molar-refractivity contribution is -0.134. The molecule has 1 aromatic carbocycles. The molecule has 2 aliphatic rings. The summed E-state index contributed by atoms with van der Waals surface area (Å²) in [5.41, 5.74) is 0.690. The fourth-order valence-corrected chi connectivity index (χ4v) is 3.48. The van der Waals surface area contributed by atoms with Crippen molar-refractivity contribution in [3.63, 3.8) is 0 Å². The maximum Gasteiger partial charge on any atom is 0.409 e. The number of benzene rings is 1. The molecule has 2 fully saturated rings. The Balaban J connectivity index is 1.55. The van der Waals surface area contributed by atoms with Crippen molar-refractivity contribution >= 4 is 29.5 Å². The van der Waals surface area contributed by atoms with Gasteiger partial charge in [0.1, 0.15) is 12.4 Å². The number of rotatable bonds is 7. The highest BCUT2D eigenvalue weighted by molar-refractivity contribution is 6.31. The molecule has 2 N–H and O–H groups in total. The quantitative estimate of drug-likeness (QED) is 0.689. The van der Waals surface area contributed by atoms with Crippen LogP contribution in [-0.4, -0.2) is 73.1 Å². The Labute approximate surface area is 166 Å². The Kier molecular flexibility index (Phi) is 6.69. The van der Waals surface area contributed by atoms with Crippen LogP contribution < -0.4 is 10.6 Å². The first-order valence-electron chi connectivity index (χ1n) is 9.08. The van der Waals surface area contributed by atoms with Crippen molar-refractivity contribution in [2.45, 2.75) is 19.0 Å². The molecule has 8 nitrogen and oxygen atoms in total. The zero-order valence-electron chi connectivity index (χ0n) is 15.2. The first-order valence-corrected chi connectivity index (χ1v) is 9.46. The lowest BCUT2D eigenvalue weighted by Crippen LogP contribution is -2.56. The second-order valence-corrected chi connectivity index (χ2v) is 7.08. The van der Waals surface area contributed by atoms with Gasteiger partial charge in [0.25, 0.3) is 0 Å². The summed E-state index contributed by atoms with van der Waals surface area (Å²) in [7, 11) is 0. The number of ether oxygens (including phenoxy) is 1. The molecule has 1 unspecified atom stereocenters. The van der Waals surface area contributed by atoms with Crippen LogP contribution >= 0.6 is 11.6 Å². The van der Waals surface area contributed by atoms with E-state index in [4.69, 9.17) is 16.3 Å². The van der Waals surface area contributed by atoms with Crippen LogP contribution in [0.4, 0.5) is 9.18 Å². The zero-order valence-corrected chi connectivity index (χ0v) is 16.0. The summed E-state index contributed by atoms with van der Waals surface area (Å²) in [6, 6.07) is 3.48. The van der Waals surface area contributed by atoms with Gasteiger partial charge in [-0.1, -0.05) is 17.7 Å². The summed E-state index contributed by atoms with van der Waals surface area (Å²) in [6.07, 6.45) is -0.405. The van der Waals surface area contributed by atoms with Crippen LogP contribution in [0, 0.1) is 5.82 Å². The van der Waals surface area contributed by atoms with Gasteiger partial charge >= 0.3 is 6.09 Å². The Hall–Kier alpha value is -2.39. The average Bonchev–Trinajstić information content (AvgIpc) is 3.05. The largest absolute Gasteiger partial charge is 0.448 e. The van der Waals surface area contributed by atoms with E-state index in [1.807, 2.05) is 4.90 Å². The van der Waals surface area contributed by atoms with Crippen LogP contribution in [0.2, 0.25) is 5.02 Å². The minimum Gasteiger partial charge on any atom is -0.448 e. The first-order chi connectivity index (χ1) is 13.4. The summed E-state index contributed by atoms with van der Waals surface area (Å²) < 4.78 is 18.1. The molecule has 0 aliphatic carbocycles. The molecule has 0 bridgehead atoms. The van der Waals surface area contributed by atoms with Gasteiger partial charge in [0.2, 0.25) is 11.8 Å². The van der Waals surface area contributed by atoms with E-state index in [1.165, 1.54) is 17.0 Å². The van der Waals surface area contributed by atoms with Crippen molar-refractivity contribution in [3.05, 3.63) is 34.6 Å². The summed E-state index contributed by atoms with van der Waals surface area (Å²) in [4.78, 5) is 39.3. The SMILES string of the molecule is O=C(CC1C(=O)NCCN1Cc1ccc(F)cc1Cl)NCCN1CCOC1=O. The van der Waals surface area contributed by atoms with Crippen LogP contribution in [-0.2, 0) is 20.9 Å². The third-order valence-corrected chi connectivity index (χ3v) is 5.11. The molecular formula is C18H22ClFN4O4. The van der Waals surface area contributed by atoms with Gasteiger partial charge in [0, 0.05) is 37.7 Å². The number of carbonyl (C=O) groups excluding carboxylic acids is 3. The molecule has 2 aliphatic heterocycles. The van der Waals surface area contributed by atoms with E-state index in [0.29, 0.717) is 44.9 Å². The topological polar surface area (TPSA) is 91.0 Å². The number of cyclic esters (lactones) is 1. The van der Waals surface area contributed by atoms with Gasteiger partial charge in [-0.25, -0.2) is 9.18 Å². The minimum atomic E-state index is -0.647. The monoisotopic (exact) mass is 412 g/mol. The van der Waals surface area contributed by atoms with E-state index in [-0.39, 0.29) is 35.9 Å². The van der Waals surface area contributed by atoms with E-state index in [1.54, 1.807) is 6.07 Å². The van der Waals surface area contributed by atoms with E-state index in [2.05, 4.69) is 10.6 Å². The second-order valence-electron chi connectivity index (χ2n) is 6.67.